The Morgan fingerprint density at radius 2 is 1.65 bits per heavy atom. The van der Waals surface area contributed by atoms with Crippen LogP contribution >= 0.6 is 0 Å². The van der Waals surface area contributed by atoms with Gasteiger partial charge in [-0.05, 0) is 55.3 Å². The van der Waals surface area contributed by atoms with E-state index in [1.165, 1.54) is 13.3 Å². The van der Waals surface area contributed by atoms with Crippen LogP contribution in [0.1, 0.15) is 16.7 Å². The van der Waals surface area contributed by atoms with E-state index >= 15 is 0 Å². The first-order valence-corrected chi connectivity index (χ1v) is 7.87. The van der Waals surface area contributed by atoms with Gasteiger partial charge < -0.3 is 14.8 Å². The van der Waals surface area contributed by atoms with E-state index in [1.807, 2.05) is 19.9 Å². The molecule has 0 fully saturated rings. The molecule has 2 aromatic rings. The first-order chi connectivity index (χ1) is 12.4. The average Bonchev–Trinajstić information content (AvgIpc) is 2.60. The third kappa shape index (κ3) is 5.07. The maximum Gasteiger partial charge on any atom is 0.329 e. The lowest BCUT2D eigenvalue weighted by molar-refractivity contribution is -0.136. The number of ether oxygens (including phenoxy) is 2. The number of hydrazone groups is 1. The van der Waals surface area contributed by atoms with Crippen molar-refractivity contribution in [3.63, 3.8) is 0 Å². The van der Waals surface area contributed by atoms with Gasteiger partial charge in [-0.15, -0.1) is 0 Å². The van der Waals surface area contributed by atoms with Gasteiger partial charge in [-0.2, -0.15) is 5.10 Å². The Bertz CT molecular complexity index is 826. The topological polar surface area (TPSA) is 89.0 Å². The summed E-state index contributed by atoms with van der Waals surface area (Å²) in [6.07, 6.45) is 1.38. The van der Waals surface area contributed by atoms with Crippen LogP contribution in [-0.4, -0.2) is 32.2 Å². The number of methoxy groups -OCH3 is 2. The molecular formula is C19H21N3O4. The van der Waals surface area contributed by atoms with Crippen molar-refractivity contribution in [1.82, 2.24) is 5.43 Å². The normalized spacial score (nSPS) is 10.5. The maximum absolute atomic E-state index is 12.0. The van der Waals surface area contributed by atoms with Gasteiger partial charge in [0, 0.05) is 11.3 Å². The zero-order valence-electron chi connectivity index (χ0n) is 15.1. The molecule has 0 aliphatic heterocycles. The summed E-state index contributed by atoms with van der Waals surface area (Å²) in [5.74, 6) is -0.498. The molecule has 0 saturated carbocycles. The molecule has 7 heteroatoms. The van der Waals surface area contributed by atoms with Crippen LogP contribution in [0.15, 0.2) is 41.5 Å². The zero-order valence-corrected chi connectivity index (χ0v) is 15.1. The highest BCUT2D eigenvalue weighted by Gasteiger charge is 2.13. The van der Waals surface area contributed by atoms with E-state index in [0.29, 0.717) is 22.7 Å². The number of carbonyl (C=O) groups excluding carboxylic acids is 2. The highest BCUT2D eigenvalue weighted by Crippen LogP contribution is 2.22. The summed E-state index contributed by atoms with van der Waals surface area (Å²) in [4.78, 5) is 23.9. The zero-order chi connectivity index (χ0) is 19.1. The first-order valence-electron chi connectivity index (χ1n) is 7.87. The standard InChI is InChI=1S/C19H21N3O4/c1-12-7-13(2)9-15(8-12)21-18(23)19(24)22-20-11-14-10-16(25-3)5-6-17(14)26-4/h5-11H,1-4H3,(H,21,23)(H,22,24)/b20-11-. The minimum absolute atomic E-state index is 0.557. The fraction of sp³-hybridized carbons (Fsp3) is 0.211. The van der Waals surface area contributed by atoms with Crippen LogP contribution in [0.4, 0.5) is 5.69 Å². The van der Waals surface area contributed by atoms with Crippen molar-refractivity contribution in [2.75, 3.05) is 19.5 Å². The van der Waals surface area contributed by atoms with Crippen molar-refractivity contribution in [3.05, 3.63) is 53.1 Å². The van der Waals surface area contributed by atoms with Crippen LogP contribution in [0.5, 0.6) is 11.5 Å². The van der Waals surface area contributed by atoms with Crippen molar-refractivity contribution in [2.45, 2.75) is 13.8 Å². The maximum atomic E-state index is 12.0. The van der Waals surface area contributed by atoms with Crippen molar-refractivity contribution in [2.24, 2.45) is 5.10 Å². The quantitative estimate of drug-likeness (QED) is 0.490. The largest absolute Gasteiger partial charge is 0.497 e. The Kier molecular flexibility index (Phi) is 6.32. The third-order valence-corrected chi connectivity index (χ3v) is 3.49. The molecule has 0 saturated heterocycles. The summed E-state index contributed by atoms with van der Waals surface area (Å²) >= 11 is 0. The van der Waals surface area contributed by atoms with Crippen LogP contribution in [0.2, 0.25) is 0 Å². The van der Waals surface area contributed by atoms with E-state index in [0.717, 1.165) is 11.1 Å². The number of nitrogens with one attached hydrogen (secondary N) is 2. The molecule has 26 heavy (non-hydrogen) atoms. The molecule has 0 bridgehead atoms. The summed E-state index contributed by atoms with van der Waals surface area (Å²) in [6, 6.07) is 10.7. The molecule has 0 aliphatic rings. The Balaban J connectivity index is 2.01. The number of amides is 2. The molecule has 0 radical (unpaired) electrons. The second-order valence-corrected chi connectivity index (χ2v) is 5.64. The van der Waals surface area contributed by atoms with Crippen molar-refractivity contribution >= 4 is 23.7 Å². The lowest BCUT2D eigenvalue weighted by atomic mass is 10.1. The van der Waals surface area contributed by atoms with Gasteiger partial charge in [0.1, 0.15) is 11.5 Å². The lowest BCUT2D eigenvalue weighted by Crippen LogP contribution is -2.32. The van der Waals surface area contributed by atoms with Gasteiger partial charge in [0.2, 0.25) is 0 Å². The number of hydrogen-bond acceptors (Lipinski definition) is 5. The summed E-state index contributed by atoms with van der Waals surface area (Å²) in [6.45, 7) is 3.82. The fourth-order valence-electron chi connectivity index (χ4n) is 2.39. The third-order valence-electron chi connectivity index (χ3n) is 3.49. The minimum Gasteiger partial charge on any atom is -0.497 e. The van der Waals surface area contributed by atoms with Gasteiger partial charge in [0.05, 0.1) is 20.4 Å². The highest BCUT2D eigenvalue weighted by atomic mass is 16.5. The van der Waals surface area contributed by atoms with E-state index in [2.05, 4.69) is 15.8 Å². The molecule has 0 aliphatic carbocycles. The molecular weight excluding hydrogens is 334 g/mol. The summed E-state index contributed by atoms with van der Waals surface area (Å²) in [5.41, 5.74) is 5.33. The second kappa shape index (κ2) is 8.66. The minimum atomic E-state index is -0.873. The van der Waals surface area contributed by atoms with E-state index in [4.69, 9.17) is 9.47 Å². The Labute approximate surface area is 152 Å². The first kappa shape index (κ1) is 19.0. The molecule has 0 atom stereocenters. The molecule has 2 aromatic carbocycles. The van der Waals surface area contributed by atoms with Gasteiger partial charge in [0.25, 0.3) is 0 Å². The van der Waals surface area contributed by atoms with E-state index in [9.17, 15) is 9.59 Å². The van der Waals surface area contributed by atoms with Crippen molar-refractivity contribution in [1.29, 1.82) is 0 Å². The van der Waals surface area contributed by atoms with E-state index in [1.54, 1.807) is 37.4 Å². The number of rotatable bonds is 5. The number of aryl methyl sites for hydroxylation is 2. The molecule has 0 aromatic heterocycles. The smallest absolute Gasteiger partial charge is 0.329 e. The van der Waals surface area contributed by atoms with Crippen molar-refractivity contribution < 1.29 is 19.1 Å². The molecule has 2 rings (SSSR count). The summed E-state index contributed by atoms with van der Waals surface area (Å²) < 4.78 is 10.3. The molecule has 0 unspecified atom stereocenters. The van der Waals surface area contributed by atoms with Gasteiger partial charge >= 0.3 is 11.8 Å². The Morgan fingerprint density at radius 3 is 2.27 bits per heavy atom. The van der Waals surface area contributed by atoms with Crippen LogP contribution in [-0.2, 0) is 9.59 Å². The molecule has 7 nitrogen and oxygen atoms in total. The van der Waals surface area contributed by atoms with Crippen LogP contribution in [0.25, 0.3) is 0 Å². The number of carbonyl (C=O) groups is 2. The Morgan fingerprint density at radius 1 is 0.962 bits per heavy atom. The lowest BCUT2D eigenvalue weighted by Gasteiger charge is -2.07. The van der Waals surface area contributed by atoms with Gasteiger partial charge in [0.15, 0.2) is 0 Å². The van der Waals surface area contributed by atoms with Crippen LogP contribution < -0.4 is 20.2 Å². The number of nitrogens with zero attached hydrogens (tertiary/aromatic N) is 1. The number of anilines is 1. The van der Waals surface area contributed by atoms with Gasteiger partial charge in [-0.1, -0.05) is 6.07 Å². The van der Waals surface area contributed by atoms with Gasteiger partial charge in [-0.3, -0.25) is 9.59 Å². The van der Waals surface area contributed by atoms with Crippen LogP contribution in [0.3, 0.4) is 0 Å². The molecule has 2 N–H and O–H groups in total. The van der Waals surface area contributed by atoms with Crippen LogP contribution in [0, 0.1) is 13.8 Å². The van der Waals surface area contributed by atoms with Gasteiger partial charge in [-0.25, -0.2) is 5.43 Å². The molecule has 136 valence electrons. The second-order valence-electron chi connectivity index (χ2n) is 5.64. The highest BCUT2D eigenvalue weighted by molar-refractivity contribution is 6.39. The fourth-order valence-corrected chi connectivity index (χ4v) is 2.39. The molecule has 0 heterocycles. The summed E-state index contributed by atoms with van der Waals surface area (Å²) in [7, 11) is 3.07. The predicted molar refractivity (Wildman–Crippen MR) is 99.8 cm³/mol. The number of hydrogen-bond donors (Lipinski definition) is 2. The summed E-state index contributed by atoms with van der Waals surface area (Å²) in [5, 5.41) is 6.35. The van der Waals surface area contributed by atoms with Crippen molar-refractivity contribution in [3.8, 4) is 11.5 Å². The van der Waals surface area contributed by atoms with E-state index < -0.39 is 11.8 Å². The SMILES string of the molecule is COc1ccc(OC)c(/C=N\NC(=O)C(=O)Nc2cc(C)cc(C)c2)c1. The Hall–Kier alpha value is -3.35. The molecule has 0 spiro atoms. The molecule has 2 amide bonds. The monoisotopic (exact) mass is 355 g/mol. The average molecular weight is 355 g/mol. The predicted octanol–water partition coefficient (Wildman–Crippen LogP) is 2.41. The number of benzene rings is 2. The van der Waals surface area contributed by atoms with E-state index in [-0.39, 0.29) is 0 Å².